The molecule has 2 atom stereocenters. The van der Waals surface area contributed by atoms with Gasteiger partial charge in [0.1, 0.15) is 12.3 Å². The van der Waals surface area contributed by atoms with Crippen molar-refractivity contribution >= 4 is 23.4 Å². The van der Waals surface area contributed by atoms with Crippen LogP contribution in [0.25, 0.3) is 6.08 Å². The maximum Gasteiger partial charge on any atom is 0.335 e. The van der Waals surface area contributed by atoms with E-state index in [1.54, 1.807) is 23.6 Å². The Morgan fingerprint density at radius 2 is 2.19 bits per heavy atom. The maximum atomic E-state index is 12.0. The monoisotopic (exact) mass is 305 g/mol. The van der Waals surface area contributed by atoms with Crippen molar-refractivity contribution in [3.05, 3.63) is 53.6 Å². The molecule has 1 aromatic carbocycles. The number of rotatable bonds is 5. The molecule has 5 heteroatoms. The average Bonchev–Trinajstić information content (AvgIpc) is 2.90. The van der Waals surface area contributed by atoms with E-state index in [-0.39, 0.29) is 12.0 Å². The van der Waals surface area contributed by atoms with E-state index in [0.29, 0.717) is 18.7 Å². The second-order valence-electron chi connectivity index (χ2n) is 4.62. The fourth-order valence-electron chi connectivity index (χ4n) is 2.23. The van der Waals surface area contributed by atoms with Gasteiger partial charge in [0.15, 0.2) is 0 Å². The highest BCUT2D eigenvalue weighted by Gasteiger charge is 2.36. The molecule has 1 aromatic rings. The normalized spacial score (nSPS) is 20.5. The molecule has 0 bridgehead atoms. The molecule has 0 amide bonds. The van der Waals surface area contributed by atoms with E-state index in [9.17, 15) is 9.35 Å². The smallest absolute Gasteiger partial charge is 0.335 e. The Kier molecular flexibility index (Phi) is 5.61. The van der Waals surface area contributed by atoms with Crippen LogP contribution < -0.4 is 0 Å². The fraction of sp³-hybridized carbons (Fsp3) is 0.312. The summed E-state index contributed by atoms with van der Waals surface area (Å²) in [4.78, 5) is 12.0. The topological polar surface area (TPSA) is 52.6 Å². The number of esters is 1. The van der Waals surface area contributed by atoms with Gasteiger partial charge in [-0.15, -0.1) is 4.31 Å². The summed E-state index contributed by atoms with van der Waals surface area (Å²) in [6.07, 6.45) is 7.24. The van der Waals surface area contributed by atoms with Gasteiger partial charge in [0, 0.05) is 11.4 Å². The van der Waals surface area contributed by atoms with Crippen LogP contribution in [0, 0.1) is 0 Å². The molecule has 1 aliphatic rings. The average molecular weight is 305 g/mol. The molecular formula is C16H19NO3S. The Morgan fingerprint density at radius 3 is 2.81 bits per heavy atom. The zero-order valence-electron chi connectivity index (χ0n) is 12.2. The lowest BCUT2D eigenvalue weighted by Crippen LogP contribution is -2.37. The Balaban J connectivity index is 2.19. The van der Waals surface area contributed by atoms with Crippen molar-refractivity contribution in [2.75, 3.05) is 19.4 Å². The summed E-state index contributed by atoms with van der Waals surface area (Å²) < 4.78 is 18.6. The van der Waals surface area contributed by atoms with Gasteiger partial charge in [-0.1, -0.05) is 48.6 Å². The van der Waals surface area contributed by atoms with Crippen LogP contribution in [0.4, 0.5) is 0 Å². The Labute approximate surface area is 128 Å². The van der Waals surface area contributed by atoms with Crippen molar-refractivity contribution in [1.29, 1.82) is 0 Å². The van der Waals surface area contributed by atoms with Crippen LogP contribution in [0.3, 0.4) is 0 Å². The minimum absolute atomic E-state index is 0.310. The predicted octanol–water partition coefficient (Wildman–Crippen LogP) is 2.17. The van der Waals surface area contributed by atoms with E-state index >= 15 is 0 Å². The molecule has 0 radical (unpaired) electrons. The molecule has 0 saturated carbocycles. The van der Waals surface area contributed by atoms with Crippen LogP contribution in [-0.4, -0.2) is 40.3 Å². The van der Waals surface area contributed by atoms with Crippen LogP contribution >= 0.6 is 0 Å². The standard InChI is InChI=1S/C16H19NO3S/c1-3-20-16(18)14-11-12-17(21(2)19)15(14)10-9-13-7-5-4-6-8-13/h4-11,15H,3,12H2,1-2H3/b10-9+/t15-,21-/m0/s1. The minimum atomic E-state index is -1.15. The molecule has 1 aliphatic heterocycles. The first-order chi connectivity index (χ1) is 10.1. The molecule has 0 N–H and O–H groups in total. The van der Waals surface area contributed by atoms with Crippen LogP contribution in [0.5, 0.6) is 0 Å². The summed E-state index contributed by atoms with van der Waals surface area (Å²) in [7, 11) is 0. The van der Waals surface area contributed by atoms with Crippen molar-refractivity contribution in [2.45, 2.75) is 13.0 Å². The summed E-state index contributed by atoms with van der Waals surface area (Å²) in [5.74, 6) is -0.340. The van der Waals surface area contributed by atoms with Crippen molar-refractivity contribution in [3.63, 3.8) is 0 Å². The molecule has 0 aliphatic carbocycles. The van der Waals surface area contributed by atoms with Crippen LogP contribution in [0.15, 0.2) is 48.1 Å². The van der Waals surface area contributed by atoms with Crippen molar-refractivity contribution < 1.29 is 14.1 Å². The van der Waals surface area contributed by atoms with Crippen molar-refractivity contribution in [1.82, 2.24) is 4.31 Å². The van der Waals surface area contributed by atoms with E-state index in [1.165, 1.54) is 0 Å². The largest absolute Gasteiger partial charge is 0.598 e. The molecule has 0 spiro atoms. The number of hydrogen-bond donors (Lipinski definition) is 0. The molecule has 0 saturated heterocycles. The van der Waals surface area contributed by atoms with Gasteiger partial charge < -0.3 is 9.29 Å². The Hall–Kier alpha value is -1.56. The second-order valence-corrected chi connectivity index (χ2v) is 5.93. The third kappa shape index (κ3) is 3.97. The lowest BCUT2D eigenvalue weighted by Gasteiger charge is -2.23. The molecule has 112 valence electrons. The van der Waals surface area contributed by atoms with Gasteiger partial charge in [0.2, 0.25) is 0 Å². The molecule has 0 aromatic heterocycles. The molecule has 2 rings (SSSR count). The summed E-state index contributed by atoms with van der Waals surface area (Å²) in [5, 5.41) is 0. The first-order valence-electron chi connectivity index (χ1n) is 6.84. The Morgan fingerprint density at radius 1 is 1.48 bits per heavy atom. The zero-order valence-corrected chi connectivity index (χ0v) is 13.0. The van der Waals surface area contributed by atoms with Gasteiger partial charge in [-0.3, -0.25) is 0 Å². The zero-order chi connectivity index (χ0) is 15.2. The van der Waals surface area contributed by atoms with Crippen molar-refractivity contribution in [2.24, 2.45) is 0 Å². The predicted molar refractivity (Wildman–Crippen MR) is 84.8 cm³/mol. The number of hydrogen-bond acceptors (Lipinski definition) is 4. The minimum Gasteiger partial charge on any atom is -0.598 e. The fourth-order valence-corrected chi connectivity index (χ4v) is 3.02. The highest BCUT2D eigenvalue weighted by molar-refractivity contribution is 7.88. The van der Waals surface area contributed by atoms with Crippen molar-refractivity contribution in [3.8, 4) is 0 Å². The second kappa shape index (κ2) is 7.45. The van der Waals surface area contributed by atoms with E-state index in [4.69, 9.17) is 4.74 Å². The molecule has 1 heterocycles. The number of carbonyl (C=O) groups is 1. The number of benzene rings is 1. The summed E-state index contributed by atoms with van der Waals surface area (Å²) in [6.45, 7) is 2.60. The third-order valence-electron chi connectivity index (χ3n) is 3.23. The van der Waals surface area contributed by atoms with E-state index in [1.807, 2.05) is 42.5 Å². The number of carbonyl (C=O) groups excluding carboxylic acids is 1. The lowest BCUT2D eigenvalue weighted by atomic mass is 10.1. The summed E-state index contributed by atoms with van der Waals surface area (Å²) in [5.41, 5.74) is 1.59. The van der Waals surface area contributed by atoms with Gasteiger partial charge in [-0.25, -0.2) is 4.79 Å². The van der Waals surface area contributed by atoms with Gasteiger partial charge >= 0.3 is 5.97 Å². The first-order valence-corrected chi connectivity index (χ1v) is 8.35. The molecular weight excluding hydrogens is 286 g/mol. The van der Waals surface area contributed by atoms with Gasteiger partial charge in [0.05, 0.1) is 18.7 Å². The lowest BCUT2D eigenvalue weighted by molar-refractivity contribution is -0.138. The Bertz CT molecular complexity index is 540. The van der Waals surface area contributed by atoms with Crippen LogP contribution in [0.1, 0.15) is 12.5 Å². The molecule has 0 unspecified atom stereocenters. The molecule has 0 fully saturated rings. The van der Waals surface area contributed by atoms with Gasteiger partial charge in [-0.2, -0.15) is 0 Å². The highest BCUT2D eigenvalue weighted by atomic mass is 32.2. The molecule has 4 nitrogen and oxygen atoms in total. The van der Waals surface area contributed by atoms with Gasteiger partial charge in [-0.05, 0) is 12.5 Å². The van der Waals surface area contributed by atoms with E-state index in [0.717, 1.165) is 5.56 Å². The van der Waals surface area contributed by atoms with Crippen LogP contribution in [0.2, 0.25) is 0 Å². The first kappa shape index (κ1) is 15.8. The number of ether oxygens (including phenoxy) is 1. The van der Waals surface area contributed by atoms with E-state index in [2.05, 4.69) is 0 Å². The summed E-state index contributed by atoms with van der Waals surface area (Å²) >= 11 is -1.15. The maximum absolute atomic E-state index is 12.0. The quantitative estimate of drug-likeness (QED) is 0.618. The SMILES string of the molecule is CCOC(=O)C1=CCN([S@+](C)[O-])[C@H]1/C=C/c1ccccc1. The summed E-state index contributed by atoms with van der Waals surface area (Å²) in [6, 6.07) is 9.50. The van der Waals surface area contributed by atoms with E-state index < -0.39 is 11.4 Å². The third-order valence-corrected chi connectivity index (χ3v) is 4.27. The molecule has 21 heavy (non-hydrogen) atoms. The number of nitrogens with zero attached hydrogens (tertiary/aromatic N) is 1. The highest BCUT2D eigenvalue weighted by Crippen LogP contribution is 2.24. The van der Waals surface area contributed by atoms with Crippen LogP contribution in [-0.2, 0) is 20.9 Å². The van der Waals surface area contributed by atoms with Gasteiger partial charge in [0.25, 0.3) is 0 Å².